The Morgan fingerprint density at radius 1 is 1.40 bits per heavy atom. The molecule has 0 amide bonds. The molecule has 3 N–H and O–H groups in total. The second-order valence-corrected chi connectivity index (χ2v) is 2.88. The Labute approximate surface area is 84.3 Å². The second kappa shape index (κ2) is 4.09. The minimum atomic E-state index is -4.28. The minimum absolute atomic E-state index is 0.157. The smallest absolute Gasteiger partial charge is 0.398 e. The van der Waals surface area contributed by atoms with E-state index in [4.69, 9.17) is 11.0 Å². The van der Waals surface area contributed by atoms with Crippen LogP contribution in [0.4, 0.5) is 24.5 Å². The fraction of sp³-hybridized carbons (Fsp3) is 0.222. The van der Waals surface area contributed by atoms with E-state index in [0.717, 1.165) is 0 Å². The zero-order chi connectivity index (χ0) is 11.5. The number of rotatable bonds is 2. The largest absolute Gasteiger partial charge is 0.405 e. The van der Waals surface area contributed by atoms with E-state index < -0.39 is 12.7 Å². The number of benzene rings is 1. The molecule has 0 saturated heterocycles. The highest BCUT2D eigenvalue weighted by Gasteiger charge is 2.26. The number of nitrogen functional groups attached to an aromatic ring is 1. The normalized spacial score (nSPS) is 10.8. The first-order valence-corrected chi connectivity index (χ1v) is 4.02. The van der Waals surface area contributed by atoms with Gasteiger partial charge in [-0.15, -0.1) is 0 Å². The zero-order valence-corrected chi connectivity index (χ0v) is 7.60. The molecule has 0 bridgehead atoms. The van der Waals surface area contributed by atoms with Crippen molar-refractivity contribution in [2.75, 3.05) is 17.6 Å². The lowest BCUT2D eigenvalue weighted by molar-refractivity contribution is -0.115. The van der Waals surface area contributed by atoms with Crippen molar-refractivity contribution in [3.05, 3.63) is 23.8 Å². The first-order chi connectivity index (χ1) is 6.92. The van der Waals surface area contributed by atoms with Crippen LogP contribution in [0, 0.1) is 11.3 Å². The maximum absolute atomic E-state index is 11.8. The fourth-order valence-corrected chi connectivity index (χ4v) is 0.977. The number of nitrogens with zero attached hydrogens (tertiary/aromatic N) is 1. The van der Waals surface area contributed by atoms with Crippen LogP contribution in [0.1, 0.15) is 5.56 Å². The SMILES string of the molecule is N#Cc1ccc(NCC(F)(F)F)cc1N. The maximum atomic E-state index is 11.8. The van der Waals surface area contributed by atoms with Crippen LogP contribution in [0.2, 0.25) is 0 Å². The molecule has 1 aromatic carbocycles. The lowest BCUT2D eigenvalue weighted by Crippen LogP contribution is -2.21. The fourth-order valence-electron chi connectivity index (χ4n) is 0.977. The van der Waals surface area contributed by atoms with Gasteiger partial charge in [0.2, 0.25) is 0 Å². The van der Waals surface area contributed by atoms with Crippen molar-refractivity contribution in [2.24, 2.45) is 0 Å². The molecule has 0 unspecified atom stereocenters. The molecule has 0 fully saturated rings. The van der Waals surface area contributed by atoms with Gasteiger partial charge in [0.05, 0.1) is 11.3 Å². The molecule has 80 valence electrons. The summed E-state index contributed by atoms with van der Waals surface area (Å²) in [6.07, 6.45) is -4.28. The Morgan fingerprint density at radius 3 is 2.53 bits per heavy atom. The van der Waals surface area contributed by atoms with Crippen LogP contribution in [0.3, 0.4) is 0 Å². The third-order valence-electron chi connectivity index (χ3n) is 1.66. The van der Waals surface area contributed by atoms with Crippen LogP contribution in [0.5, 0.6) is 0 Å². The lowest BCUT2D eigenvalue weighted by atomic mass is 10.2. The molecule has 0 spiro atoms. The molecule has 6 heteroatoms. The summed E-state index contributed by atoms with van der Waals surface area (Å²) >= 11 is 0. The van der Waals surface area contributed by atoms with Gasteiger partial charge in [0, 0.05) is 5.69 Å². The van der Waals surface area contributed by atoms with Crippen molar-refractivity contribution < 1.29 is 13.2 Å². The standard InChI is InChI=1S/C9H8F3N3/c10-9(11,12)5-15-7-2-1-6(4-13)8(14)3-7/h1-3,15H,5,14H2. The van der Waals surface area contributed by atoms with E-state index in [1.54, 1.807) is 0 Å². The molecule has 0 aliphatic rings. The Balaban J connectivity index is 2.73. The molecule has 3 nitrogen and oxygen atoms in total. The highest BCUT2D eigenvalue weighted by atomic mass is 19.4. The van der Waals surface area contributed by atoms with Crippen LogP contribution in [0.15, 0.2) is 18.2 Å². The summed E-state index contributed by atoms with van der Waals surface area (Å²) in [5, 5.41) is 10.7. The van der Waals surface area contributed by atoms with Crippen molar-refractivity contribution in [3.63, 3.8) is 0 Å². The molecule has 0 aliphatic carbocycles. The van der Waals surface area contributed by atoms with Crippen LogP contribution >= 0.6 is 0 Å². The number of nitrogens with one attached hydrogen (secondary N) is 1. The molecule has 1 aromatic rings. The number of hydrogen-bond acceptors (Lipinski definition) is 3. The van der Waals surface area contributed by atoms with Crippen molar-refractivity contribution in [1.82, 2.24) is 0 Å². The van der Waals surface area contributed by atoms with Crippen molar-refractivity contribution in [3.8, 4) is 6.07 Å². The Kier molecular flexibility index (Phi) is 3.04. The van der Waals surface area contributed by atoms with Gasteiger partial charge in [-0.1, -0.05) is 0 Å². The highest BCUT2D eigenvalue weighted by Crippen LogP contribution is 2.20. The summed E-state index contributed by atoms with van der Waals surface area (Å²) in [5.41, 5.74) is 6.07. The summed E-state index contributed by atoms with van der Waals surface area (Å²) in [7, 11) is 0. The van der Waals surface area contributed by atoms with E-state index in [1.807, 2.05) is 6.07 Å². The van der Waals surface area contributed by atoms with Gasteiger partial charge >= 0.3 is 6.18 Å². The highest BCUT2D eigenvalue weighted by molar-refractivity contribution is 5.62. The monoisotopic (exact) mass is 215 g/mol. The first-order valence-electron chi connectivity index (χ1n) is 4.02. The molecule has 0 aromatic heterocycles. The van der Waals surface area contributed by atoms with Gasteiger partial charge in [-0.2, -0.15) is 18.4 Å². The predicted molar refractivity (Wildman–Crippen MR) is 50.1 cm³/mol. The molecular weight excluding hydrogens is 207 g/mol. The van der Waals surface area contributed by atoms with Crippen molar-refractivity contribution in [2.45, 2.75) is 6.18 Å². The molecule has 0 saturated carbocycles. The van der Waals surface area contributed by atoms with E-state index in [1.165, 1.54) is 18.2 Å². The van der Waals surface area contributed by atoms with Crippen LogP contribution < -0.4 is 11.1 Å². The summed E-state index contributed by atoms with van der Waals surface area (Å²) in [5.74, 6) is 0. The summed E-state index contributed by atoms with van der Waals surface area (Å²) in [6.45, 7) is -1.13. The van der Waals surface area contributed by atoms with Crippen LogP contribution in [-0.2, 0) is 0 Å². The molecule has 15 heavy (non-hydrogen) atoms. The third-order valence-corrected chi connectivity index (χ3v) is 1.66. The number of alkyl halides is 3. The van der Waals surface area contributed by atoms with Gasteiger partial charge < -0.3 is 11.1 Å². The van der Waals surface area contributed by atoms with Gasteiger partial charge in [0.1, 0.15) is 12.6 Å². The van der Waals surface area contributed by atoms with E-state index in [2.05, 4.69) is 5.32 Å². The topological polar surface area (TPSA) is 61.8 Å². The zero-order valence-electron chi connectivity index (χ0n) is 7.60. The number of halogens is 3. The molecular formula is C9H8F3N3. The summed E-state index contributed by atoms with van der Waals surface area (Å²) in [6, 6.07) is 5.86. The number of anilines is 2. The third kappa shape index (κ3) is 3.38. The van der Waals surface area contributed by atoms with Gasteiger partial charge in [-0.25, -0.2) is 0 Å². The molecule has 0 heterocycles. The van der Waals surface area contributed by atoms with E-state index in [-0.39, 0.29) is 16.9 Å². The molecule has 1 rings (SSSR count). The Bertz CT molecular complexity index is 393. The van der Waals surface area contributed by atoms with E-state index in [9.17, 15) is 13.2 Å². The van der Waals surface area contributed by atoms with Crippen molar-refractivity contribution >= 4 is 11.4 Å². The minimum Gasteiger partial charge on any atom is -0.398 e. The molecule has 0 radical (unpaired) electrons. The van der Waals surface area contributed by atoms with E-state index in [0.29, 0.717) is 0 Å². The van der Waals surface area contributed by atoms with Crippen LogP contribution in [-0.4, -0.2) is 12.7 Å². The van der Waals surface area contributed by atoms with Gasteiger partial charge in [0.25, 0.3) is 0 Å². The second-order valence-electron chi connectivity index (χ2n) is 2.88. The quantitative estimate of drug-likeness (QED) is 0.742. The summed E-state index contributed by atoms with van der Waals surface area (Å²) < 4.78 is 35.5. The average Bonchev–Trinajstić information content (AvgIpc) is 2.14. The Hall–Kier alpha value is -1.90. The van der Waals surface area contributed by atoms with Gasteiger partial charge in [0.15, 0.2) is 0 Å². The number of nitrogens with two attached hydrogens (primary N) is 1. The van der Waals surface area contributed by atoms with Crippen molar-refractivity contribution in [1.29, 1.82) is 5.26 Å². The van der Waals surface area contributed by atoms with Gasteiger partial charge in [-0.3, -0.25) is 0 Å². The predicted octanol–water partition coefficient (Wildman–Crippen LogP) is 2.11. The lowest BCUT2D eigenvalue weighted by Gasteiger charge is -2.10. The molecule has 0 atom stereocenters. The Morgan fingerprint density at radius 2 is 2.07 bits per heavy atom. The number of hydrogen-bond donors (Lipinski definition) is 2. The maximum Gasteiger partial charge on any atom is 0.405 e. The molecule has 0 aliphatic heterocycles. The number of nitriles is 1. The first kappa shape index (κ1) is 11.2. The van der Waals surface area contributed by atoms with E-state index >= 15 is 0 Å². The summed E-state index contributed by atoms with van der Waals surface area (Å²) in [4.78, 5) is 0. The average molecular weight is 215 g/mol. The van der Waals surface area contributed by atoms with Crippen LogP contribution in [0.25, 0.3) is 0 Å². The van der Waals surface area contributed by atoms with Gasteiger partial charge in [-0.05, 0) is 18.2 Å².